The van der Waals surface area contributed by atoms with Gasteiger partial charge in [-0.25, -0.2) is 0 Å². The molecule has 0 spiro atoms. The quantitative estimate of drug-likeness (QED) is 0.238. The maximum atomic E-state index is 10.7. The Labute approximate surface area is 231 Å². The molecule has 5 nitrogen and oxygen atoms in total. The number of hydrogen-bond acceptors (Lipinski definition) is 5. The summed E-state index contributed by atoms with van der Waals surface area (Å²) in [5, 5.41) is 51.9. The Kier molecular flexibility index (Phi) is 9.85. The molecule has 0 aromatic heterocycles. The van der Waals surface area contributed by atoms with Gasteiger partial charge in [0, 0.05) is 6.42 Å². The van der Waals surface area contributed by atoms with Gasteiger partial charge in [-0.2, -0.15) is 0 Å². The zero-order chi connectivity index (χ0) is 28.5. The van der Waals surface area contributed by atoms with Gasteiger partial charge in [-0.3, -0.25) is 0 Å². The maximum absolute atomic E-state index is 10.7. The van der Waals surface area contributed by atoms with Gasteiger partial charge in [0.05, 0.1) is 29.5 Å². The highest BCUT2D eigenvalue weighted by Crippen LogP contribution is 2.64. The van der Waals surface area contributed by atoms with Crippen LogP contribution in [0.1, 0.15) is 119 Å². The first-order chi connectivity index (χ1) is 17.5. The van der Waals surface area contributed by atoms with Gasteiger partial charge in [-0.1, -0.05) is 44.6 Å². The van der Waals surface area contributed by atoms with Gasteiger partial charge < -0.3 is 25.5 Å². The van der Waals surface area contributed by atoms with E-state index in [-0.39, 0.29) is 10.8 Å². The van der Waals surface area contributed by atoms with Gasteiger partial charge in [0.15, 0.2) is 0 Å². The predicted octanol–water partition coefficient (Wildman–Crippen LogP) is 5.99. The minimum absolute atomic E-state index is 0.00771. The van der Waals surface area contributed by atoms with E-state index >= 15 is 0 Å². The Morgan fingerprint density at radius 1 is 1.03 bits per heavy atom. The number of aliphatic hydroxyl groups is 5. The SMILES string of the molecule is C=C1/C(=C\C=C2/CCC[C@@]3(C)C2CCC3C(C)(CCCC(C)(C)O)CCC(O)C(C)(C)O)C[C@@H](O)C[C@@H]1O. The van der Waals surface area contributed by atoms with Gasteiger partial charge in [0.2, 0.25) is 0 Å². The molecule has 3 rings (SSSR count). The molecule has 0 saturated heterocycles. The summed E-state index contributed by atoms with van der Waals surface area (Å²) < 4.78 is 0. The minimum Gasteiger partial charge on any atom is -0.393 e. The molecule has 3 saturated carbocycles. The Hall–Kier alpha value is -0.980. The topological polar surface area (TPSA) is 101 Å². The standard InChI is InChI=1S/C33H56O5/c1-22-24(20-25(34)21-27(22)35)12-11-23-10-8-18-33(7)26(23)13-14-28(33)32(6,17-9-16-30(2,3)37)19-15-29(36)31(4,5)38/h11-12,25-29,34-38H,1,8-10,13-21H2,2-7H3/b23-11+,24-12-/t25-,26?,27+,28?,29?,32?,33+/m1/s1. The van der Waals surface area contributed by atoms with Crippen LogP contribution in [-0.4, -0.2) is 55.0 Å². The molecule has 3 aliphatic rings. The first kappa shape index (κ1) is 31.5. The molecule has 218 valence electrons. The van der Waals surface area contributed by atoms with Crippen molar-refractivity contribution in [2.45, 2.75) is 148 Å². The fraction of sp³-hybridized carbons (Fsp3) is 0.818. The van der Waals surface area contributed by atoms with Crippen molar-refractivity contribution >= 4 is 0 Å². The van der Waals surface area contributed by atoms with Gasteiger partial charge >= 0.3 is 0 Å². The van der Waals surface area contributed by atoms with Crippen LogP contribution >= 0.6 is 0 Å². The third-order valence-electron chi connectivity index (χ3n) is 10.4. The summed E-state index contributed by atoms with van der Waals surface area (Å²) >= 11 is 0. The highest BCUT2D eigenvalue weighted by Gasteiger charge is 2.55. The molecule has 5 N–H and O–H groups in total. The Morgan fingerprint density at radius 2 is 1.71 bits per heavy atom. The van der Waals surface area contributed by atoms with E-state index in [2.05, 4.69) is 32.6 Å². The van der Waals surface area contributed by atoms with Crippen LogP contribution in [0.5, 0.6) is 0 Å². The van der Waals surface area contributed by atoms with Crippen molar-refractivity contribution in [3.8, 4) is 0 Å². The lowest BCUT2D eigenvalue weighted by molar-refractivity contribution is -0.0641. The van der Waals surface area contributed by atoms with Crippen molar-refractivity contribution in [3.05, 3.63) is 35.5 Å². The van der Waals surface area contributed by atoms with Crippen molar-refractivity contribution in [2.75, 3.05) is 0 Å². The highest BCUT2D eigenvalue weighted by atomic mass is 16.3. The molecule has 5 heteroatoms. The number of hydrogen-bond donors (Lipinski definition) is 5. The highest BCUT2D eigenvalue weighted by molar-refractivity contribution is 5.38. The zero-order valence-electron chi connectivity index (χ0n) is 25.0. The second-order valence-electron chi connectivity index (χ2n) is 14.6. The molecule has 7 atom stereocenters. The lowest BCUT2D eigenvalue weighted by atomic mass is 9.55. The fourth-order valence-electron chi connectivity index (χ4n) is 8.07. The first-order valence-electron chi connectivity index (χ1n) is 15.0. The third-order valence-corrected chi connectivity index (χ3v) is 10.4. The van der Waals surface area contributed by atoms with Gasteiger partial charge in [-0.05, 0) is 126 Å². The first-order valence-corrected chi connectivity index (χ1v) is 15.0. The van der Waals surface area contributed by atoms with Crippen LogP contribution in [-0.2, 0) is 0 Å². The lowest BCUT2D eigenvalue weighted by Crippen LogP contribution is -2.43. The van der Waals surface area contributed by atoms with Crippen molar-refractivity contribution in [3.63, 3.8) is 0 Å². The summed E-state index contributed by atoms with van der Waals surface area (Å²) in [6, 6.07) is 0. The smallest absolute Gasteiger partial charge is 0.0849 e. The van der Waals surface area contributed by atoms with E-state index in [1.807, 2.05) is 13.8 Å². The lowest BCUT2D eigenvalue weighted by Gasteiger charge is -2.50. The Balaban J connectivity index is 1.85. The van der Waals surface area contributed by atoms with Gasteiger partial charge in [0.1, 0.15) is 0 Å². The normalized spacial score (nSPS) is 35.4. The molecule has 0 aromatic rings. The van der Waals surface area contributed by atoms with Crippen molar-refractivity contribution in [1.82, 2.24) is 0 Å². The van der Waals surface area contributed by atoms with Crippen molar-refractivity contribution in [1.29, 1.82) is 0 Å². The van der Waals surface area contributed by atoms with Crippen LogP contribution in [0.2, 0.25) is 0 Å². The van der Waals surface area contributed by atoms with E-state index in [9.17, 15) is 25.5 Å². The van der Waals surface area contributed by atoms with Crippen LogP contribution in [0.3, 0.4) is 0 Å². The van der Waals surface area contributed by atoms with Gasteiger partial charge in [0.25, 0.3) is 0 Å². The average molecular weight is 533 g/mol. The summed E-state index contributed by atoms with van der Waals surface area (Å²) in [4.78, 5) is 0. The molecule has 3 aliphatic carbocycles. The van der Waals surface area contributed by atoms with E-state index in [0.29, 0.717) is 31.1 Å². The summed E-state index contributed by atoms with van der Waals surface area (Å²) in [6.45, 7) is 16.1. The molecule has 0 aliphatic heterocycles. The number of rotatable bonds is 10. The average Bonchev–Trinajstić information content (AvgIpc) is 3.15. The molecular weight excluding hydrogens is 476 g/mol. The number of aliphatic hydroxyl groups excluding tert-OH is 3. The Morgan fingerprint density at radius 3 is 2.34 bits per heavy atom. The maximum Gasteiger partial charge on any atom is 0.0849 e. The van der Waals surface area contributed by atoms with E-state index in [0.717, 1.165) is 62.5 Å². The molecule has 0 heterocycles. The fourth-order valence-corrected chi connectivity index (χ4v) is 8.07. The van der Waals surface area contributed by atoms with Crippen molar-refractivity contribution in [2.24, 2.45) is 22.7 Å². The van der Waals surface area contributed by atoms with Crippen LogP contribution in [0.4, 0.5) is 0 Å². The third kappa shape index (κ3) is 7.40. The van der Waals surface area contributed by atoms with Crippen LogP contribution in [0.15, 0.2) is 35.5 Å². The molecule has 3 fully saturated rings. The molecule has 0 amide bonds. The molecule has 0 aromatic carbocycles. The van der Waals surface area contributed by atoms with Gasteiger partial charge in [-0.15, -0.1) is 0 Å². The van der Waals surface area contributed by atoms with Crippen LogP contribution < -0.4 is 0 Å². The summed E-state index contributed by atoms with van der Waals surface area (Å²) in [5.74, 6) is 0.998. The summed E-state index contributed by atoms with van der Waals surface area (Å²) in [5.41, 5.74) is 1.54. The predicted molar refractivity (Wildman–Crippen MR) is 155 cm³/mol. The second-order valence-corrected chi connectivity index (χ2v) is 14.6. The van der Waals surface area contributed by atoms with E-state index < -0.39 is 29.5 Å². The van der Waals surface area contributed by atoms with Crippen molar-refractivity contribution < 1.29 is 25.5 Å². The summed E-state index contributed by atoms with van der Waals surface area (Å²) in [6.07, 6.45) is 13.2. The zero-order valence-corrected chi connectivity index (χ0v) is 25.0. The number of fused-ring (bicyclic) bond motifs is 1. The van der Waals surface area contributed by atoms with Crippen LogP contribution in [0.25, 0.3) is 0 Å². The van der Waals surface area contributed by atoms with E-state index in [1.165, 1.54) is 12.0 Å². The molecule has 0 bridgehead atoms. The molecule has 4 unspecified atom stereocenters. The van der Waals surface area contributed by atoms with E-state index in [4.69, 9.17) is 0 Å². The minimum atomic E-state index is -1.12. The second kappa shape index (κ2) is 11.9. The number of allylic oxidation sites excluding steroid dienone is 3. The Bertz CT molecular complexity index is 890. The van der Waals surface area contributed by atoms with Crippen LogP contribution in [0, 0.1) is 22.7 Å². The largest absolute Gasteiger partial charge is 0.393 e. The monoisotopic (exact) mass is 532 g/mol. The summed E-state index contributed by atoms with van der Waals surface area (Å²) in [7, 11) is 0. The molecular formula is C33H56O5. The van der Waals surface area contributed by atoms with E-state index in [1.54, 1.807) is 13.8 Å². The molecule has 38 heavy (non-hydrogen) atoms. The molecule has 0 radical (unpaired) electrons.